The molecule has 2 aromatic rings. The second-order valence-corrected chi connectivity index (χ2v) is 7.88. The van der Waals surface area contributed by atoms with Crippen molar-refractivity contribution in [3.8, 4) is 0 Å². The lowest BCUT2D eigenvalue weighted by Gasteiger charge is -2.36. The number of hydrogen-bond donors (Lipinski definition) is 1. The van der Waals surface area contributed by atoms with E-state index >= 15 is 0 Å². The highest BCUT2D eigenvalue weighted by atomic mass is 127. The minimum atomic E-state index is 0. The van der Waals surface area contributed by atoms with Crippen LogP contribution in [0.2, 0.25) is 0 Å². The van der Waals surface area contributed by atoms with E-state index in [4.69, 9.17) is 0 Å². The van der Waals surface area contributed by atoms with Crippen LogP contribution in [0.5, 0.6) is 0 Å². The first-order chi connectivity index (χ1) is 13.6. The van der Waals surface area contributed by atoms with E-state index in [9.17, 15) is 4.79 Å². The standard InChI is InChI=1S/C20H28N6OS.HI/c1-16-23-17(15-28-16)14-24(3)20(21-2)22-13-19(27)26-11-9-25(10-12-26)18-7-5-4-6-8-18;/h4-8,15H,9-14H2,1-3H3,(H,21,22);1H. The Bertz CT molecular complexity index is 804. The molecule has 1 aromatic carbocycles. The topological polar surface area (TPSA) is 64.1 Å². The largest absolute Gasteiger partial charge is 0.368 e. The number of hydrogen-bond acceptors (Lipinski definition) is 5. The second kappa shape index (κ2) is 11.3. The highest BCUT2D eigenvalue weighted by Gasteiger charge is 2.21. The van der Waals surface area contributed by atoms with Gasteiger partial charge in [-0.25, -0.2) is 4.98 Å². The van der Waals surface area contributed by atoms with Crippen molar-refractivity contribution in [1.29, 1.82) is 0 Å². The number of nitrogens with one attached hydrogen (secondary N) is 1. The molecule has 2 heterocycles. The van der Waals surface area contributed by atoms with E-state index in [0.29, 0.717) is 12.5 Å². The Morgan fingerprint density at radius 2 is 1.93 bits per heavy atom. The molecule has 1 fully saturated rings. The third kappa shape index (κ3) is 6.56. The van der Waals surface area contributed by atoms with Crippen LogP contribution in [0.3, 0.4) is 0 Å². The third-order valence-electron chi connectivity index (χ3n) is 4.79. The lowest BCUT2D eigenvalue weighted by molar-refractivity contribution is -0.130. The van der Waals surface area contributed by atoms with Gasteiger partial charge >= 0.3 is 0 Å². The number of rotatable bonds is 5. The quantitative estimate of drug-likeness (QED) is 0.367. The van der Waals surface area contributed by atoms with Gasteiger partial charge in [-0.3, -0.25) is 9.79 Å². The summed E-state index contributed by atoms with van der Waals surface area (Å²) in [4.78, 5) is 27.6. The van der Waals surface area contributed by atoms with Crippen LogP contribution in [-0.2, 0) is 11.3 Å². The molecule has 29 heavy (non-hydrogen) atoms. The van der Waals surface area contributed by atoms with Crippen LogP contribution in [0.15, 0.2) is 40.7 Å². The number of aliphatic imine (C=N–C) groups is 1. The SMILES string of the molecule is CN=C(NCC(=O)N1CCN(c2ccccc2)CC1)N(C)Cc1csc(C)n1.I. The molecule has 158 valence electrons. The molecule has 0 unspecified atom stereocenters. The fourth-order valence-electron chi connectivity index (χ4n) is 3.30. The van der Waals surface area contributed by atoms with Gasteiger partial charge in [-0.05, 0) is 19.1 Å². The maximum atomic E-state index is 12.6. The van der Waals surface area contributed by atoms with Crippen LogP contribution in [0, 0.1) is 6.92 Å². The van der Waals surface area contributed by atoms with E-state index < -0.39 is 0 Å². The van der Waals surface area contributed by atoms with Crippen molar-refractivity contribution in [3.63, 3.8) is 0 Å². The normalized spacial score (nSPS) is 14.4. The van der Waals surface area contributed by atoms with Crippen LogP contribution in [-0.4, -0.2) is 73.5 Å². The van der Waals surface area contributed by atoms with Crippen molar-refractivity contribution in [2.75, 3.05) is 51.7 Å². The second-order valence-electron chi connectivity index (χ2n) is 6.82. The molecular weight excluding hydrogens is 499 g/mol. The Morgan fingerprint density at radius 3 is 2.52 bits per heavy atom. The number of para-hydroxylation sites is 1. The van der Waals surface area contributed by atoms with Gasteiger partial charge in [-0.15, -0.1) is 35.3 Å². The summed E-state index contributed by atoms with van der Waals surface area (Å²) in [5.41, 5.74) is 2.23. The summed E-state index contributed by atoms with van der Waals surface area (Å²) in [6.45, 7) is 6.09. The summed E-state index contributed by atoms with van der Waals surface area (Å²) in [6, 6.07) is 10.3. The number of halogens is 1. The monoisotopic (exact) mass is 528 g/mol. The van der Waals surface area contributed by atoms with E-state index in [1.165, 1.54) is 5.69 Å². The maximum absolute atomic E-state index is 12.6. The average molecular weight is 528 g/mol. The number of guanidine groups is 1. The molecule has 0 radical (unpaired) electrons. The summed E-state index contributed by atoms with van der Waals surface area (Å²) in [5, 5.41) is 6.29. The molecule has 0 aliphatic carbocycles. The van der Waals surface area contributed by atoms with E-state index in [-0.39, 0.29) is 36.4 Å². The number of carbonyl (C=O) groups excluding carboxylic acids is 1. The molecule has 1 aromatic heterocycles. The van der Waals surface area contributed by atoms with E-state index in [1.807, 2.05) is 42.0 Å². The first-order valence-corrected chi connectivity index (χ1v) is 10.4. The molecule has 0 spiro atoms. The first-order valence-electron chi connectivity index (χ1n) is 9.47. The zero-order valence-corrected chi connectivity index (χ0v) is 20.3. The minimum absolute atomic E-state index is 0. The molecule has 3 rings (SSSR count). The first kappa shape index (κ1) is 23.4. The van der Waals surface area contributed by atoms with Gasteiger partial charge in [0.25, 0.3) is 0 Å². The smallest absolute Gasteiger partial charge is 0.242 e. The lowest BCUT2D eigenvalue weighted by atomic mass is 10.2. The van der Waals surface area contributed by atoms with Crippen LogP contribution in [0.25, 0.3) is 0 Å². The summed E-state index contributed by atoms with van der Waals surface area (Å²) in [5.74, 6) is 0.800. The summed E-state index contributed by atoms with van der Waals surface area (Å²) < 4.78 is 0. The number of aromatic nitrogens is 1. The summed E-state index contributed by atoms with van der Waals surface area (Å²) >= 11 is 1.64. The highest BCUT2D eigenvalue weighted by molar-refractivity contribution is 14.0. The molecule has 7 nitrogen and oxygen atoms in total. The summed E-state index contributed by atoms with van der Waals surface area (Å²) in [7, 11) is 3.68. The Labute approximate surface area is 193 Å². The lowest BCUT2D eigenvalue weighted by Crippen LogP contribution is -2.52. The number of anilines is 1. The Morgan fingerprint density at radius 1 is 1.24 bits per heavy atom. The molecule has 1 aliphatic rings. The minimum Gasteiger partial charge on any atom is -0.368 e. The van der Waals surface area contributed by atoms with Gasteiger partial charge in [0.2, 0.25) is 5.91 Å². The Kier molecular flexibility index (Phi) is 9.15. The highest BCUT2D eigenvalue weighted by Crippen LogP contribution is 2.15. The van der Waals surface area contributed by atoms with Crippen molar-refractivity contribution in [1.82, 2.24) is 20.1 Å². The van der Waals surface area contributed by atoms with Gasteiger partial charge in [0, 0.05) is 51.3 Å². The number of carbonyl (C=O) groups is 1. The van der Waals surface area contributed by atoms with Crippen molar-refractivity contribution in [3.05, 3.63) is 46.4 Å². The van der Waals surface area contributed by atoms with Crippen molar-refractivity contribution in [2.45, 2.75) is 13.5 Å². The van der Waals surface area contributed by atoms with Crippen LogP contribution < -0.4 is 10.2 Å². The zero-order valence-electron chi connectivity index (χ0n) is 17.2. The van der Waals surface area contributed by atoms with Gasteiger partial charge in [0.15, 0.2) is 5.96 Å². The van der Waals surface area contributed by atoms with Gasteiger partial charge in [-0.2, -0.15) is 0 Å². The van der Waals surface area contributed by atoms with Gasteiger partial charge in [0.05, 0.1) is 23.8 Å². The van der Waals surface area contributed by atoms with Crippen LogP contribution in [0.1, 0.15) is 10.7 Å². The van der Waals surface area contributed by atoms with E-state index in [2.05, 4.69) is 37.7 Å². The number of nitrogens with zero attached hydrogens (tertiary/aromatic N) is 5. The zero-order chi connectivity index (χ0) is 19.9. The number of aryl methyl sites for hydroxylation is 1. The van der Waals surface area contributed by atoms with Gasteiger partial charge < -0.3 is 20.0 Å². The fourth-order valence-corrected chi connectivity index (χ4v) is 3.91. The van der Waals surface area contributed by atoms with Crippen molar-refractivity contribution < 1.29 is 4.79 Å². The fraction of sp³-hybridized carbons (Fsp3) is 0.450. The van der Waals surface area contributed by atoms with Crippen molar-refractivity contribution >= 4 is 52.9 Å². The predicted octanol–water partition coefficient (Wildman–Crippen LogP) is 2.43. The summed E-state index contributed by atoms with van der Waals surface area (Å²) in [6.07, 6.45) is 0. The number of amides is 1. The van der Waals surface area contributed by atoms with E-state index in [0.717, 1.165) is 36.9 Å². The van der Waals surface area contributed by atoms with Crippen LogP contribution >= 0.6 is 35.3 Å². The molecule has 9 heteroatoms. The predicted molar refractivity (Wildman–Crippen MR) is 130 cm³/mol. The molecule has 0 bridgehead atoms. The third-order valence-corrected chi connectivity index (χ3v) is 5.61. The number of benzene rings is 1. The van der Waals surface area contributed by atoms with Crippen LogP contribution in [0.4, 0.5) is 5.69 Å². The Balaban J connectivity index is 0.00000300. The number of thiazole rings is 1. The number of piperazine rings is 1. The average Bonchev–Trinajstić information content (AvgIpc) is 3.13. The van der Waals surface area contributed by atoms with Gasteiger partial charge in [0.1, 0.15) is 0 Å². The maximum Gasteiger partial charge on any atom is 0.242 e. The molecule has 1 saturated heterocycles. The Hall–Kier alpha value is -1.88. The molecule has 0 saturated carbocycles. The van der Waals surface area contributed by atoms with Gasteiger partial charge in [-0.1, -0.05) is 18.2 Å². The molecule has 1 amide bonds. The molecule has 0 atom stereocenters. The van der Waals surface area contributed by atoms with Crippen molar-refractivity contribution in [2.24, 2.45) is 4.99 Å². The molecule has 1 N–H and O–H groups in total. The molecule has 1 aliphatic heterocycles. The molecular formula is C20H29IN6OS. The van der Waals surface area contributed by atoms with E-state index in [1.54, 1.807) is 18.4 Å².